The number of likely N-dealkylation sites (tertiary alicyclic amines) is 1. The number of benzene rings is 2. The Morgan fingerprint density at radius 2 is 1.60 bits per heavy atom. The first-order valence-corrected chi connectivity index (χ1v) is 14.4. The van der Waals surface area contributed by atoms with Gasteiger partial charge in [0.15, 0.2) is 0 Å². The predicted octanol–water partition coefficient (Wildman–Crippen LogP) is 4.24. The Balaban J connectivity index is 1.41. The zero-order valence-corrected chi connectivity index (χ0v) is 24.9. The van der Waals surface area contributed by atoms with E-state index in [1.54, 1.807) is 25.1 Å². The lowest BCUT2D eigenvalue weighted by Gasteiger charge is -2.33. The summed E-state index contributed by atoms with van der Waals surface area (Å²) in [5.41, 5.74) is -0.0814. The number of aromatic nitrogens is 1. The second kappa shape index (κ2) is 11.3. The number of nitrogens with zero attached hydrogens (tertiary/aromatic N) is 4. The molecule has 12 heteroatoms. The van der Waals surface area contributed by atoms with E-state index < -0.39 is 41.5 Å². The Morgan fingerprint density at radius 3 is 2.19 bits per heavy atom. The van der Waals surface area contributed by atoms with Gasteiger partial charge in [-0.3, -0.25) is 19.4 Å². The fraction of sp³-hybridized carbons (Fsp3) is 0.387. The first kappa shape index (κ1) is 29.1. The standard InChI is InChI=1S/C31H32ClF2N5O4/c1-16-27(28-23(33)10-21(42-3)11-24(28)34)29(36-30(40)17-5-7-18(32)8-6-17)31(41)39(16)26-13-22(43-4)12-25(35-26)38-15-19-9-20(38)14-37(19)2/h5-8,10-13,16,19-20,27,29H,9,14-15H2,1-4H3,(H,36,40)/t16-,19-,20-,27-,29-/m0/s1. The molecule has 2 amide bonds. The number of anilines is 2. The van der Waals surface area contributed by atoms with Crippen molar-refractivity contribution in [2.45, 2.75) is 43.4 Å². The fourth-order valence-corrected chi connectivity index (χ4v) is 6.79. The van der Waals surface area contributed by atoms with Gasteiger partial charge in [0.1, 0.15) is 40.8 Å². The Morgan fingerprint density at radius 1 is 0.977 bits per heavy atom. The van der Waals surface area contributed by atoms with Crippen molar-refractivity contribution < 1.29 is 27.8 Å². The topological polar surface area (TPSA) is 87.2 Å². The minimum absolute atomic E-state index is 0.000932. The highest BCUT2D eigenvalue weighted by Crippen LogP contribution is 2.42. The van der Waals surface area contributed by atoms with Gasteiger partial charge in [-0.05, 0) is 44.7 Å². The van der Waals surface area contributed by atoms with E-state index in [1.807, 2.05) is 6.07 Å². The number of pyridine rings is 1. The van der Waals surface area contributed by atoms with E-state index in [2.05, 4.69) is 22.2 Å². The SMILES string of the molecule is COc1cc(N2C[C@@H]3C[C@H]2CN3C)nc(N2C(=O)[C@@H](NC(=O)c3ccc(Cl)cc3)[C@H](c3c(F)cc(OC)cc3F)[C@@H]2C)c1. The Bertz CT molecular complexity index is 1550. The molecule has 0 spiro atoms. The van der Waals surface area contributed by atoms with Gasteiger partial charge < -0.3 is 19.7 Å². The summed E-state index contributed by atoms with van der Waals surface area (Å²) in [7, 11) is 4.94. The number of piperazine rings is 1. The van der Waals surface area contributed by atoms with Crippen LogP contribution in [0.4, 0.5) is 20.4 Å². The molecule has 2 aromatic carbocycles. The van der Waals surface area contributed by atoms with Crippen molar-refractivity contribution in [3.8, 4) is 11.5 Å². The molecule has 9 nitrogen and oxygen atoms in total. The molecule has 0 radical (unpaired) electrons. The van der Waals surface area contributed by atoms with Gasteiger partial charge in [0.2, 0.25) is 0 Å². The summed E-state index contributed by atoms with van der Waals surface area (Å²) < 4.78 is 41.7. The lowest BCUT2D eigenvalue weighted by Crippen LogP contribution is -2.45. The number of halogens is 3. The van der Waals surface area contributed by atoms with Gasteiger partial charge >= 0.3 is 0 Å². The largest absolute Gasteiger partial charge is 0.497 e. The zero-order valence-electron chi connectivity index (χ0n) is 24.2. The van der Waals surface area contributed by atoms with Gasteiger partial charge in [0.05, 0.1) is 14.2 Å². The molecule has 3 aromatic rings. The smallest absolute Gasteiger partial charge is 0.251 e. The van der Waals surface area contributed by atoms with Gasteiger partial charge in [-0.15, -0.1) is 0 Å². The van der Waals surface area contributed by atoms with Crippen molar-refractivity contribution in [1.82, 2.24) is 15.2 Å². The van der Waals surface area contributed by atoms with Gasteiger partial charge in [-0.25, -0.2) is 13.8 Å². The molecule has 2 bridgehead atoms. The number of nitrogens with one attached hydrogen (secondary N) is 1. The molecule has 0 aliphatic carbocycles. The van der Waals surface area contributed by atoms with Crippen LogP contribution < -0.4 is 24.6 Å². The quantitative estimate of drug-likeness (QED) is 0.428. The molecular weight excluding hydrogens is 580 g/mol. The number of hydrogen-bond donors (Lipinski definition) is 1. The molecule has 5 atom stereocenters. The van der Waals surface area contributed by atoms with Crippen molar-refractivity contribution >= 4 is 35.1 Å². The van der Waals surface area contributed by atoms with Crippen LogP contribution in [0.25, 0.3) is 0 Å². The number of rotatable bonds is 7. The molecule has 3 saturated heterocycles. The summed E-state index contributed by atoms with van der Waals surface area (Å²) in [6.45, 7) is 3.37. The van der Waals surface area contributed by atoms with Gasteiger partial charge in [0.25, 0.3) is 11.8 Å². The summed E-state index contributed by atoms with van der Waals surface area (Å²) in [6.07, 6.45) is 1.01. The maximum Gasteiger partial charge on any atom is 0.251 e. The van der Waals surface area contributed by atoms with Crippen LogP contribution >= 0.6 is 11.6 Å². The molecular formula is C31H32ClF2N5O4. The summed E-state index contributed by atoms with van der Waals surface area (Å²) in [5, 5.41) is 3.17. The number of carbonyl (C=O) groups is 2. The molecule has 6 rings (SSSR count). The van der Waals surface area contributed by atoms with Crippen LogP contribution in [0.2, 0.25) is 5.02 Å². The highest BCUT2D eigenvalue weighted by Gasteiger charge is 2.51. The molecule has 226 valence electrons. The predicted molar refractivity (Wildman–Crippen MR) is 158 cm³/mol. The van der Waals surface area contributed by atoms with E-state index in [0.717, 1.165) is 31.6 Å². The monoisotopic (exact) mass is 611 g/mol. The van der Waals surface area contributed by atoms with E-state index in [1.165, 1.54) is 31.3 Å². The zero-order chi connectivity index (χ0) is 30.6. The summed E-state index contributed by atoms with van der Waals surface area (Å²) in [4.78, 5) is 38.3. The molecule has 1 aromatic heterocycles. The summed E-state index contributed by atoms with van der Waals surface area (Å²) >= 11 is 5.98. The van der Waals surface area contributed by atoms with E-state index in [4.69, 9.17) is 26.1 Å². The second-order valence-electron chi connectivity index (χ2n) is 11.3. The molecule has 0 saturated carbocycles. The fourth-order valence-electron chi connectivity index (χ4n) is 6.66. The van der Waals surface area contributed by atoms with Gasteiger partial charge in [-0.2, -0.15) is 0 Å². The number of likely N-dealkylation sites (N-methyl/N-ethyl adjacent to an activating group) is 1. The lowest BCUT2D eigenvalue weighted by molar-refractivity contribution is -0.118. The maximum atomic E-state index is 15.5. The molecule has 3 aliphatic rings. The third-order valence-corrected chi connectivity index (χ3v) is 9.12. The van der Waals surface area contributed by atoms with Gasteiger partial charge in [0, 0.05) is 77.5 Å². The maximum absolute atomic E-state index is 15.5. The molecule has 43 heavy (non-hydrogen) atoms. The highest BCUT2D eigenvalue weighted by atomic mass is 35.5. The van der Waals surface area contributed by atoms with Crippen LogP contribution in [-0.2, 0) is 4.79 Å². The number of methoxy groups -OCH3 is 2. The van der Waals surface area contributed by atoms with E-state index in [9.17, 15) is 9.59 Å². The molecule has 1 N–H and O–H groups in total. The highest BCUT2D eigenvalue weighted by molar-refractivity contribution is 6.30. The van der Waals surface area contributed by atoms with Crippen LogP contribution in [0.15, 0.2) is 48.5 Å². The number of fused-ring (bicyclic) bond motifs is 2. The molecule has 4 heterocycles. The van der Waals surface area contributed by atoms with Crippen molar-refractivity contribution in [2.75, 3.05) is 44.2 Å². The normalized spacial score (nSPS) is 25.0. The molecule has 3 aliphatic heterocycles. The first-order valence-electron chi connectivity index (χ1n) is 14.0. The van der Waals surface area contributed by atoms with Crippen LogP contribution in [0.1, 0.15) is 35.2 Å². The number of carbonyl (C=O) groups excluding carboxylic acids is 2. The number of amides is 2. The van der Waals surface area contributed by atoms with E-state index >= 15 is 8.78 Å². The van der Waals surface area contributed by atoms with Gasteiger partial charge in [-0.1, -0.05) is 11.6 Å². The minimum atomic E-state index is -1.30. The first-order chi connectivity index (χ1) is 20.6. The minimum Gasteiger partial charge on any atom is -0.497 e. The molecule has 0 unspecified atom stereocenters. The third-order valence-electron chi connectivity index (χ3n) is 8.87. The van der Waals surface area contributed by atoms with Crippen LogP contribution in [-0.4, -0.2) is 80.2 Å². The van der Waals surface area contributed by atoms with Crippen molar-refractivity contribution in [3.63, 3.8) is 0 Å². The number of hydrogen-bond acceptors (Lipinski definition) is 7. The van der Waals surface area contributed by atoms with Crippen molar-refractivity contribution in [2.24, 2.45) is 0 Å². The number of ether oxygens (including phenoxy) is 2. The van der Waals surface area contributed by atoms with E-state index in [0.29, 0.717) is 22.6 Å². The Kier molecular flexibility index (Phi) is 7.64. The van der Waals surface area contributed by atoms with Crippen LogP contribution in [0.3, 0.4) is 0 Å². The lowest BCUT2D eigenvalue weighted by atomic mass is 9.87. The Labute approximate surface area is 253 Å². The van der Waals surface area contributed by atoms with Crippen molar-refractivity contribution in [1.29, 1.82) is 0 Å². The van der Waals surface area contributed by atoms with E-state index in [-0.39, 0.29) is 28.7 Å². The summed E-state index contributed by atoms with van der Waals surface area (Å²) in [5.74, 6) is -2.59. The van der Waals surface area contributed by atoms with Crippen molar-refractivity contribution in [3.05, 3.63) is 76.3 Å². The second-order valence-corrected chi connectivity index (χ2v) is 11.7. The summed E-state index contributed by atoms with van der Waals surface area (Å²) in [6, 6.07) is 10.3. The molecule has 3 fully saturated rings. The average Bonchev–Trinajstić information content (AvgIpc) is 3.64. The van der Waals surface area contributed by atoms with Crippen LogP contribution in [0, 0.1) is 11.6 Å². The van der Waals surface area contributed by atoms with Crippen LogP contribution in [0.5, 0.6) is 11.5 Å². The average molecular weight is 612 g/mol. The Hall–Kier alpha value is -3.96. The third kappa shape index (κ3) is 5.14.